The fraction of sp³-hybridized carbons (Fsp3) is 0.385. The molecule has 0 saturated carbocycles. The van der Waals surface area contributed by atoms with Crippen molar-refractivity contribution in [2.75, 3.05) is 6.61 Å². The van der Waals surface area contributed by atoms with Gasteiger partial charge in [-0.3, -0.25) is 9.79 Å². The molecule has 0 amide bonds. The van der Waals surface area contributed by atoms with Crippen molar-refractivity contribution in [1.29, 1.82) is 0 Å². The van der Waals surface area contributed by atoms with Gasteiger partial charge in [0, 0.05) is 14.4 Å². The normalized spacial score (nSPS) is 13.7. The van der Waals surface area contributed by atoms with Crippen LogP contribution in [-0.2, 0) is 9.53 Å². The zero-order valence-corrected chi connectivity index (χ0v) is 13.1. The summed E-state index contributed by atoms with van der Waals surface area (Å²) in [7, 11) is 0. The second-order valence-corrected chi connectivity index (χ2v) is 6.80. The van der Waals surface area contributed by atoms with Crippen LogP contribution in [-0.4, -0.2) is 18.6 Å². The second kappa shape index (κ2) is 6.50. The van der Waals surface area contributed by atoms with E-state index in [0.29, 0.717) is 13.0 Å². The Morgan fingerprint density at radius 2 is 2.16 bits per heavy atom. The van der Waals surface area contributed by atoms with Crippen molar-refractivity contribution < 1.29 is 9.53 Å². The van der Waals surface area contributed by atoms with Gasteiger partial charge in [-0.25, -0.2) is 0 Å². The summed E-state index contributed by atoms with van der Waals surface area (Å²) in [6.45, 7) is 4.13. The molecule has 102 valence electrons. The van der Waals surface area contributed by atoms with Crippen molar-refractivity contribution >= 4 is 49.6 Å². The van der Waals surface area contributed by atoms with Crippen LogP contribution in [0.25, 0.3) is 9.40 Å². The quantitative estimate of drug-likeness (QED) is 0.804. The second-order valence-electron chi connectivity index (χ2n) is 4.05. The fourth-order valence-electron chi connectivity index (χ4n) is 1.59. The minimum absolute atomic E-state index is 0.0705. The Morgan fingerprint density at radius 1 is 1.42 bits per heavy atom. The molecule has 0 aliphatic carbocycles. The summed E-state index contributed by atoms with van der Waals surface area (Å²) in [5, 5.41) is 0.729. The fourth-order valence-corrected chi connectivity index (χ4v) is 4.28. The monoisotopic (exact) mass is 315 g/mol. The third-order valence-electron chi connectivity index (χ3n) is 2.39. The summed E-state index contributed by atoms with van der Waals surface area (Å²) < 4.78 is 8.16. The first kappa shape index (κ1) is 14.5. The summed E-state index contributed by atoms with van der Waals surface area (Å²) in [6, 6.07) is 5.73. The van der Waals surface area contributed by atoms with Crippen LogP contribution in [0.15, 0.2) is 23.2 Å². The molecule has 1 atom stereocenters. The van der Waals surface area contributed by atoms with Gasteiger partial charge >= 0.3 is 5.97 Å². The molecule has 0 aliphatic heterocycles. The molecule has 0 saturated heterocycles. The van der Waals surface area contributed by atoms with Crippen LogP contribution in [0.5, 0.6) is 0 Å². The topological polar surface area (TPSA) is 38.7 Å². The zero-order valence-electron chi connectivity index (χ0n) is 10.7. The van der Waals surface area contributed by atoms with Gasteiger partial charge in [0.05, 0.1) is 19.1 Å². The highest BCUT2D eigenvalue weighted by Crippen LogP contribution is 2.24. The summed E-state index contributed by atoms with van der Waals surface area (Å²) in [5.74, 6) is -0.201. The average molecular weight is 316 g/mol. The summed E-state index contributed by atoms with van der Waals surface area (Å²) in [4.78, 5) is 15.9. The van der Waals surface area contributed by atoms with Crippen LogP contribution in [0.1, 0.15) is 20.3 Å². The Hall–Kier alpha value is -0.910. The number of esters is 1. The third kappa shape index (κ3) is 4.03. The lowest BCUT2D eigenvalue weighted by atomic mass is 10.2. The Morgan fingerprint density at radius 3 is 2.89 bits per heavy atom. The van der Waals surface area contributed by atoms with Crippen LogP contribution in [0, 0.1) is 0 Å². The predicted molar refractivity (Wildman–Crippen MR) is 81.0 cm³/mol. The molecule has 0 aliphatic rings. The van der Waals surface area contributed by atoms with E-state index in [1.807, 2.05) is 25.1 Å². The van der Waals surface area contributed by atoms with E-state index < -0.39 is 0 Å². The number of hydrogen-bond donors (Lipinski definition) is 0. The van der Waals surface area contributed by atoms with E-state index in [1.54, 1.807) is 29.6 Å². The van der Waals surface area contributed by atoms with Crippen molar-refractivity contribution in [1.82, 2.24) is 0 Å². The van der Waals surface area contributed by atoms with E-state index in [2.05, 4.69) is 4.99 Å². The maximum atomic E-state index is 11.4. The highest BCUT2D eigenvalue weighted by Gasteiger charge is 2.08. The van der Waals surface area contributed by atoms with Crippen molar-refractivity contribution in [2.45, 2.75) is 26.3 Å². The van der Waals surface area contributed by atoms with Gasteiger partial charge in [0.15, 0.2) is 3.98 Å². The Bertz CT molecular complexity index is 647. The Labute approximate surface area is 124 Å². The van der Waals surface area contributed by atoms with Gasteiger partial charge in [0.2, 0.25) is 0 Å². The number of fused-ring (bicyclic) bond motifs is 1. The number of halogens is 1. The van der Waals surface area contributed by atoms with Gasteiger partial charge < -0.3 is 4.74 Å². The Kier molecular flexibility index (Phi) is 4.96. The van der Waals surface area contributed by atoms with Crippen molar-refractivity contribution in [3.8, 4) is 0 Å². The van der Waals surface area contributed by atoms with Crippen molar-refractivity contribution in [2.24, 2.45) is 4.99 Å². The first-order valence-electron chi connectivity index (χ1n) is 5.97. The molecule has 2 aromatic rings. The van der Waals surface area contributed by atoms with E-state index in [4.69, 9.17) is 16.3 Å². The molecule has 3 nitrogen and oxygen atoms in total. The molecule has 1 unspecified atom stereocenters. The van der Waals surface area contributed by atoms with Crippen LogP contribution in [0.2, 0.25) is 5.02 Å². The number of ether oxygens (including phenoxy) is 1. The van der Waals surface area contributed by atoms with Crippen molar-refractivity contribution in [3.63, 3.8) is 0 Å². The molecule has 0 bridgehead atoms. The van der Waals surface area contributed by atoms with E-state index in [1.165, 1.54) is 0 Å². The smallest absolute Gasteiger partial charge is 0.307 e. The van der Waals surface area contributed by atoms with Crippen LogP contribution < -0.4 is 3.98 Å². The molecule has 6 heteroatoms. The SMILES string of the molecule is CCOC(=O)CC(C)N=c1sc2ccc(Cl)cc2s1. The molecule has 1 aromatic carbocycles. The maximum Gasteiger partial charge on any atom is 0.307 e. The minimum atomic E-state index is -0.201. The molecule has 1 heterocycles. The van der Waals surface area contributed by atoms with Gasteiger partial charge in [0.25, 0.3) is 0 Å². The zero-order chi connectivity index (χ0) is 13.8. The Balaban J connectivity index is 2.18. The average Bonchev–Trinajstić information content (AvgIpc) is 2.70. The number of nitrogens with zero attached hydrogens (tertiary/aromatic N) is 1. The summed E-state index contributed by atoms with van der Waals surface area (Å²) in [6.07, 6.45) is 0.315. The number of carbonyl (C=O) groups excluding carboxylic acids is 1. The number of benzene rings is 1. The molecule has 1 aromatic heterocycles. The summed E-state index contributed by atoms with van der Waals surface area (Å²) >= 11 is 9.17. The lowest BCUT2D eigenvalue weighted by molar-refractivity contribution is -0.143. The van der Waals surface area contributed by atoms with Gasteiger partial charge in [-0.05, 0) is 32.0 Å². The van der Waals surface area contributed by atoms with E-state index in [0.717, 1.165) is 18.4 Å². The van der Waals surface area contributed by atoms with Crippen LogP contribution in [0.3, 0.4) is 0 Å². The molecular weight excluding hydrogens is 302 g/mol. The molecule has 19 heavy (non-hydrogen) atoms. The van der Waals surface area contributed by atoms with Gasteiger partial charge in [-0.15, -0.1) is 22.7 Å². The molecule has 0 fully saturated rings. The predicted octanol–water partition coefficient (Wildman–Crippen LogP) is 3.86. The first-order valence-corrected chi connectivity index (χ1v) is 7.98. The molecule has 2 rings (SSSR count). The highest BCUT2D eigenvalue weighted by atomic mass is 35.5. The molecule has 0 spiro atoms. The molecule has 0 N–H and O–H groups in total. The highest BCUT2D eigenvalue weighted by molar-refractivity contribution is 7.35. The van der Waals surface area contributed by atoms with E-state index in [-0.39, 0.29) is 12.0 Å². The molecular formula is C13H14ClNO2S2. The number of carbonyl (C=O) groups is 1. The van der Waals surface area contributed by atoms with E-state index >= 15 is 0 Å². The number of hydrogen-bond acceptors (Lipinski definition) is 5. The lowest BCUT2D eigenvalue weighted by Gasteiger charge is -2.04. The first-order chi connectivity index (χ1) is 9.08. The largest absolute Gasteiger partial charge is 0.466 e. The number of rotatable bonds is 4. The molecule has 0 radical (unpaired) electrons. The van der Waals surface area contributed by atoms with Crippen LogP contribution in [0.4, 0.5) is 0 Å². The minimum Gasteiger partial charge on any atom is -0.466 e. The van der Waals surface area contributed by atoms with E-state index in [9.17, 15) is 4.79 Å². The third-order valence-corrected chi connectivity index (χ3v) is 4.95. The lowest BCUT2D eigenvalue weighted by Crippen LogP contribution is -2.13. The van der Waals surface area contributed by atoms with Crippen LogP contribution >= 0.6 is 34.3 Å². The van der Waals surface area contributed by atoms with Gasteiger partial charge in [0.1, 0.15) is 0 Å². The summed E-state index contributed by atoms with van der Waals surface area (Å²) in [5.41, 5.74) is 0. The van der Waals surface area contributed by atoms with Crippen molar-refractivity contribution in [3.05, 3.63) is 27.2 Å². The standard InChI is InChI=1S/C13H14ClNO2S2/c1-3-17-12(16)6-8(2)15-13-18-10-5-4-9(14)7-11(10)19-13/h4-5,7-8H,3,6H2,1-2H3. The van der Waals surface area contributed by atoms with Gasteiger partial charge in [-0.2, -0.15) is 0 Å². The van der Waals surface area contributed by atoms with Gasteiger partial charge in [-0.1, -0.05) is 11.6 Å². The maximum absolute atomic E-state index is 11.4.